The Labute approximate surface area is 341 Å². The highest BCUT2D eigenvalue weighted by molar-refractivity contribution is 7.26. The molecule has 0 amide bonds. The van der Waals surface area contributed by atoms with Gasteiger partial charge in [0.05, 0.1) is 11.1 Å². The first-order valence-electron chi connectivity index (χ1n) is 19.8. The Hall–Kier alpha value is -7.20. The molecule has 2 nitrogen and oxygen atoms in total. The second-order valence-electron chi connectivity index (χ2n) is 15.2. The van der Waals surface area contributed by atoms with Gasteiger partial charge in [-0.15, -0.1) is 11.3 Å². The van der Waals surface area contributed by atoms with Crippen LogP contribution < -0.4 is 9.64 Å². The van der Waals surface area contributed by atoms with Gasteiger partial charge in [0.25, 0.3) is 0 Å². The number of anilines is 3. The topological polar surface area (TPSA) is 12.5 Å². The normalized spacial score (nSPS) is 13.1. The predicted molar refractivity (Wildman–Crippen MR) is 242 cm³/mol. The zero-order valence-corrected chi connectivity index (χ0v) is 32.3. The molecule has 12 rings (SSSR count). The van der Waals surface area contributed by atoms with E-state index >= 15 is 0 Å². The fourth-order valence-corrected chi connectivity index (χ4v) is 11.0. The first kappa shape index (κ1) is 33.0. The fraction of sp³-hybridized carbons (Fsp3) is 0.0182. The third-order valence-electron chi connectivity index (χ3n) is 12.1. The van der Waals surface area contributed by atoms with E-state index in [0.29, 0.717) is 0 Å². The summed E-state index contributed by atoms with van der Waals surface area (Å²) in [6.45, 7) is 0. The van der Waals surface area contributed by atoms with Crippen molar-refractivity contribution in [2.75, 3.05) is 4.90 Å². The number of hydrogen-bond acceptors (Lipinski definition) is 3. The van der Waals surface area contributed by atoms with E-state index in [2.05, 4.69) is 217 Å². The van der Waals surface area contributed by atoms with Gasteiger partial charge in [0.1, 0.15) is 11.5 Å². The SMILES string of the molecule is c1ccc(N(c2cccc(-c3ccc4c(c3)-c3ccccc3C43c4ccccc4Oc4ccccc43)c2)c2ccccc2-c2cccc3c2sc2ccccc23)cc1. The van der Waals surface area contributed by atoms with Gasteiger partial charge in [-0.3, -0.25) is 0 Å². The lowest BCUT2D eigenvalue weighted by Crippen LogP contribution is -2.32. The summed E-state index contributed by atoms with van der Waals surface area (Å²) in [5.41, 5.74) is 15.1. The second kappa shape index (κ2) is 12.9. The van der Waals surface area contributed by atoms with Crippen molar-refractivity contribution in [1.82, 2.24) is 0 Å². The third-order valence-corrected chi connectivity index (χ3v) is 13.4. The van der Waals surface area contributed by atoms with Crippen LogP contribution in [0.4, 0.5) is 17.1 Å². The number of hydrogen-bond donors (Lipinski definition) is 0. The lowest BCUT2D eigenvalue weighted by Gasteiger charge is -2.39. The molecule has 0 N–H and O–H groups in total. The zero-order chi connectivity index (χ0) is 38.2. The summed E-state index contributed by atoms with van der Waals surface area (Å²) in [5, 5.41) is 2.61. The monoisotopic (exact) mass is 757 g/mol. The number of rotatable bonds is 5. The average molecular weight is 758 g/mol. The molecule has 0 fully saturated rings. The molecule has 9 aromatic carbocycles. The summed E-state index contributed by atoms with van der Waals surface area (Å²) in [6.07, 6.45) is 0. The molecule has 1 aliphatic heterocycles. The molecule has 2 aliphatic rings. The van der Waals surface area contributed by atoms with E-state index in [1.54, 1.807) is 0 Å². The molecule has 58 heavy (non-hydrogen) atoms. The number of para-hydroxylation sites is 4. The number of nitrogens with zero attached hydrogens (tertiary/aromatic N) is 1. The predicted octanol–water partition coefficient (Wildman–Crippen LogP) is 15.3. The van der Waals surface area contributed by atoms with Crippen LogP contribution in [0.25, 0.3) is 53.6 Å². The highest BCUT2D eigenvalue weighted by Crippen LogP contribution is 2.62. The summed E-state index contributed by atoms with van der Waals surface area (Å²) >= 11 is 1.87. The Morgan fingerprint density at radius 1 is 0.379 bits per heavy atom. The van der Waals surface area contributed by atoms with E-state index in [1.807, 2.05) is 11.3 Å². The maximum absolute atomic E-state index is 6.56. The molecule has 1 aromatic heterocycles. The van der Waals surface area contributed by atoms with Crippen LogP contribution in [0.5, 0.6) is 11.5 Å². The molecular formula is C55H35NOS. The van der Waals surface area contributed by atoms with Gasteiger partial charge in [-0.25, -0.2) is 0 Å². The molecule has 3 heteroatoms. The van der Waals surface area contributed by atoms with E-state index in [0.717, 1.165) is 34.1 Å². The molecule has 0 saturated carbocycles. The van der Waals surface area contributed by atoms with Crippen LogP contribution in [0.1, 0.15) is 22.3 Å². The summed E-state index contributed by atoms with van der Waals surface area (Å²) in [4.78, 5) is 2.42. The van der Waals surface area contributed by atoms with E-state index in [1.165, 1.54) is 70.2 Å². The minimum Gasteiger partial charge on any atom is -0.457 e. The van der Waals surface area contributed by atoms with Crippen molar-refractivity contribution in [3.63, 3.8) is 0 Å². The van der Waals surface area contributed by atoms with E-state index in [-0.39, 0.29) is 0 Å². The Morgan fingerprint density at radius 2 is 0.966 bits per heavy atom. The van der Waals surface area contributed by atoms with Gasteiger partial charge in [-0.2, -0.15) is 0 Å². The first-order valence-corrected chi connectivity index (χ1v) is 20.7. The molecule has 0 unspecified atom stereocenters. The summed E-state index contributed by atoms with van der Waals surface area (Å²) in [5.74, 6) is 1.82. The second-order valence-corrected chi connectivity index (χ2v) is 16.2. The van der Waals surface area contributed by atoms with Gasteiger partial charge in [0.15, 0.2) is 0 Å². The number of fused-ring (bicyclic) bond motifs is 12. The molecule has 0 saturated heterocycles. The van der Waals surface area contributed by atoms with Gasteiger partial charge in [-0.05, 0) is 88.0 Å². The first-order chi connectivity index (χ1) is 28.8. The molecule has 272 valence electrons. The molecule has 1 aliphatic carbocycles. The van der Waals surface area contributed by atoms with Crippen molar-refractivity contribution in [3.05, 3.63) is 235 Å². The zero-order valence-electron chi connectivity index (χ0n) is 31.5. The van der Waals surface area contributed by atoms with Crippen molar-refractivity contribution < 1.29 is 4.74 Å². The van der Waals surface area contributed by atoms with Gasteiger partial charge in [-0.1, -0.05) is 158 Å². The molecule has 10 aromatic rings. The Morgan fingerprint density at radius 3 is 1.79 bits per heavy atom. The van der Waals surface area contributed by atoms with Crippen LogP contribution in [0.3, 0.4) is 0 Å². The van der Waals surface area contributed by atoms with Crippen LogP contribution >= 0.6 is 11.3 Å². The van der Waals surface area contributed by atoms with E-state index in [4.69, 9.17) is 4.74 Å². The van der Waals surface area contributed by atoms with Crippen LogP contribution in [0, 0.1) is 0 Å². The summed E-state index contributed by atoms with van der Waals surface area (Å²) in [6, 6.07) is 77.3. The Bertz CT molecular complexity index is 3190. The lowest BCUT2D eigenvalue weighted by molar-refractivity contribution is 0.436. The average Bonchev–Trinajstić information content (AvgIpc) is 3.81. The Balaban J connectivity index is 1.03. The standard InChI is InChI=1S/C55H35NOS/c1-2-17-38(18-3-1)56(50-28-10-5-21-41(50)43-23-15-24-44-42-22-6-13-31-53(42)58-54(43)44)39-19-14-16-36(34-39)37-32-33-47-45(35-37)40-20-4-7-25-46(40)55(47)48-26-8-11-29-51(48)57-52-30-12-9-27-49(52)55/h1-35H. The smallest absolute Gasteiger partial charge is 0.132 e. The van der Waals surface area contributed by atoms with Crippen LogP contribution in [0.15, 0.2) is 212 Å². The summed E-state index contributed by atoms with van der Waals surface area (Å²) in [7, 11) is 0. The van der Waals surface area contributed by atoms with Crippen LogP contribution in [0.2, 0.25) is 0 Å². The highest BCUT2D eigenvalue weighted by atomic mass is 32.1. The Kier molecular flexibility index (Phi) is 7.35. The summed E-state index contributed by atoms with van der Waals surface area (Å²) < 4.78 is 9.18. The molecule has 2 heterocycles. The molecular weight excluding hydrogens is 723 g/mol. The number of benzene rings is 9. The van der Waals surface area contributed by atoms with Gasteiger partial charge in [0.2, 0.25) is 0 Å². The lowest BCUT2D eigenvalue weighted by atomic mass is 9.66. The van der Waals surface area contributed by atoms with Crippen LogP contribution in [-0.4, -0.2) is 0 Å². The quantitative estimate of drug-likeness (QED) is 0.173. The van der Waals surface area contributed by atoms with Gasteiger partial charge >= 0.3 is 0 Å². The number of thiophene rings is 1. The van der Waals surface area contributed by atoms with Crippen molar-refractivity contribution in [2.24, 2.45) is 0 Å². The van der Waals surface area contributed by atoms with E-state index < -0.39 is 5.41 Å². The largest absolute Gasteiger partial charge is 0.457 e. The molecule has 0 radical (unpaired) electrons. The minimum absolute atomic E-state index is 0.483. The van der Waals surface area contributed by atoms with Crippen molar-refractivity contribution in [2.45, 2.75) is 5.41 Å². The maximum atomic E-state index is 6.56. The van der Waals surface area contributed by atoms with Gasteiger partial charge in [0, 0.05) is 53.8 Å². The van der Waals surface area contributed by atoms with Crippen molar-refractivity contribution >= 4 is 48.6 Å². The molecule has 0 bridgehead atoms. The maximum Gasteiger partial charge on any atom is 0.132 e. The van der Waals surface area contributed by atoms with Crippen LogP contribution in [-0.2, 0) is 5.41 Å². The fourth-order valence-electron chi connectivity index (χ4n) is 9.72. The minimum atomic E-state index is -0.483. The molecule has 0 atom stereocenters. The van der Waals surface area contributed by atoms with Crippen molar-refractivity contribution in [1.29, 1.82) is 0 Å². The van der Waals surface area contributed by atoms with Crippen molar-refractivity contribution in [3.8, 4) is 44.9 Å². The molecule has 1 spiro atoms. The highest BCUT2D eigenvalue weighted by Gasteiger charge is 2.50. The number of ether oxygens (including phenoxy) is 1. The van der Waals surface area contributed by atoms with E-state index in [9.17, 15) is 0 Å². The third kappa shape index (κ3) is 4.78. The van der Waals surface area contributed by atoms with Gasteiger partial charge < -0.3 is 9.64 Å².